The Labute approximate surface area is 255 Å². The van der Waals surface area contributed by atoms with Crippen LogP contribution in [-0.2, 0) is 13.2 Å². The summed E-state index contributed by atoms with van der Waals surface area (Å²) in [6.45, 7) is 1.42. The molecule has 1 aliphatic heterocycles. The van der Waals surface area contributed by atoms with E-state index >= 15 is 0 Å². The maximum atomic E-state index is 13.7. The molecule has 2 saturated carbocycles. The van der Waals surface area contributed by atoms with E-state index < -0.39 is 17.8 Å². The number of nitrogens with zero attached hydrogens (tertiary/aromatic N) is 6. The highest BCUT2D eigenvalue weighted by atomic mass is 35.5. The molecule has 1 saturated heterocycles. The molecule has 0 radical (unpaired) electrons. The highest BCUT2D eigenvalue weighted by molar-refractivity contribution is 6.34. The Hall–Kier alpha value is -4.11. The van der Waals surface area contributed by atoms with Gasteiger partial charge in [-0.2, -0.15) is 18.3 Å². The molecule has 44 heavy (non-hydrogen) atoms. The summed E-state index contributed by atoms with van der Waals surface area (Å²) < 4.78 is 43.8. The number of alkyl halides is 3. The van der Waals surface area contributed by atoms with Crippen LogP contribution in [0.3, 0.4) is 0 Å². The number of nitrogens with one attached hydrogen (secondary N) is 2. The Morgan fingerprint density at radius 2 is 1.75 bits per heavy atom. The summed E-state index contributed by atoms with van der Waals surface area (Å²) in [5.41, 5.74) is 5.19. The van der Waals surface area contributed by atoms with Crippen LogP contribution in [0.5, 0.6) is 0 Å². The molecule has 0 atom stereocenters. The maximum absolute atomic E-state index is 13.7. The number of halogens is 4. The van der Waals surface area contributed by atoms with Crippen molar-refractivity contribution in [3.8, 4) is 11.3 Å². The van der Waals surface area contributed by atoms with Crippen LogP contribution in [0.1, 0.15) is 58.4 Å². The van der Waals surface area contributed by atoms with Crippen LogP contribution in [0.15, 0.2) is 30.6 Å². The van der Waals surface area contributed by atoms with Crippen LogP contribution in [0.2, 0.25) is 5.02 Å². The first-order valence-corrected chi connectivity index (χ1v) is 14.7. The first-order chi connectivity index (χ1) is 20.9. The number of piperazine rings is 1. The summed E-state index contributed by atoms with van der Waals surface area (Å²) in [6, 6.07) is 4.42. The minimum absolute atomic E-state index is 0.0616. The number of hydrogen-bond acceptors (Lipinski definition) is 6. The average Bonchev–Trinajstić information content (AvgIpc) is 3.59. The second kappa shape index (κ2) is 11.4. The fraction of sp³-hybridized carbons (Fsp3) is 0.464. The van der Waals surface area contributed by atoms with Crippen LogP contribution >= 0.6 is 11.6 Å². The Balaban J connectivity index is 1.09. The molecule has 3 aliphatic rings. The molecule has 4 N–H and O–H groups in total. The number of anilines is 1. The number of urea groups is 1. The molecule has 0 unspecified atom stereocenters. The number of benzene rings is 1. The van der Waals surface area contributed by atoms with Crippen molar-refractivity contribution in [2.75, 3.05) is 31.5 Å². The molecule has 3 aromatic rings. The van der Waals surface area contributed by atoms with Crippen molar-refractivity contribution < 1.29 is 27.6 Å². The summed E-state index contributed by atoms with van der Waals surface area (Å²) >= 11 is 6.43. The molecule has 3 fully saturated rings. The molecule has 0 spiro atoms. The maximum Gasteiger partial charge on any atom is 0.435 e. The van der Waals surface area contributed by atoms with Crippen molar-refractivity contribution in [3.05, 3.63) is 52.7 Å². The van der Waals surface area contributed by atoms with Gasteiger partial charge < -0.3 is 30.7 Å². The molecule has 1 aromatic carbocycles. The van der Waals surface area contributed by atoms with Gasteiger partial charge in [0.2, 0.25) is 0 Å². The van der Waals surface area contributed by atoms with Gasteiger partial charge in [-0.25, -0.2) is 9.78 Å². The first kappa shape index (κ1) is 29.9. The van der Waals surface area contributed by atoms with Crippen LogP contribution in [0.4, 0.5) is 23.7 Å². The minimum Gasteiger partial charge on any atom is -0.335 e. The number of nitrogens with two attached hydrogens (primary N) is 1. The number of imidazole rings is 1. The van der Waals surface area contributed by atoms with Crippen LogP contribution in [0.25, 0.3) is 11.3 Å². The van der Waals surface area contributed by atoms with E-state index in [9.17, 15) is 27.6 Å². The van der Waals surface area contributed by atoms with Gasteiger partial charge in [0.1, 0.15) is 0 Å². The number of aromatic nitrogens is 4. The van der Waals surface area contributed by atoms with Gasteiger partial charge in [0, 0.05) is 57.2 Å². The molecule has 2 aromatic heterocycles. The second-order valence-electron chi connectivity index (χ2n) is 11.4. The standard InChI is InChI=1S/C28H31ClF3N9O3/c1-38-22(20-14-41(18-3-4-18)37-23(20)28(30,31)32)13-34-24(38)25(42)35-16-2-5-19(21(29)12-16)26(43)39-6-8-40(9-7-39)27(44)36-17-10-15(33)11-17/h2,5,12-15,17-18H,3-4,6-11,33H2,1H3,(H,35,42)(H,36,44)/t15-,17-. The molecule has 234 valence electrons. The van der Waals surface area contributed by atoms with Gasteiger partial charge >= 0.3 is 12.2 Å². The predicted octanol–water partition coefficient (Wildman–Crippen LogP) is 3.50. The van der Waals surface area contributed by atoms with Crippen LogP contribution in [0, 0.1) is 0 Å². The van der Waals surface area contributed by atoms with Crippen molar-refractivity contribution in [2.24, 2.45) is 12.8 Å². The lowest BCUT2D eigenvalue weighted by molar-refractivity contribution is -0.141. The Morgan fingerprint density at radius 1 is 1.07 bits per heavy atom. The van der Waals surface area contributed by atoms with Crippen molar-refractivity contribution in [3.63, 3.8) is 0 Å². The number of amides is 4. The van der Waals surface area contributed by atoms with E-state index in [1.807, 2.05) is 0 Å². The number of carbonyl (C=O) groups is 3. The summed E-state index contributed by atoms with van der Waals surface area (Å²) in [4.78, 5) is 46.0. The molecule has 3 heterocycles. The zero-order valence-corrected chi connectivity index (χ0v) is 24.5. The molecular weight excluding hydrogens is 603 g/mol. The molecule has 4 amide bonds. The summed E-state index contributed by atoms with van der Waals surface area (Å²) in [5, 5.41) is 9.46. The largest absolute Gasteiger partial charge is 0.435 e. The predicted molar refractivity (Wildman–Crippen MR) is 154 cm³/mol. The smallest absolute Gasteiger partial charge is 0.335 e. The molecular formula is C28H31ClF3N9O3. The van der Waals surface area contributed by atoms with Gasteiger partial charge in [0.15, 0.2) is 11.5 Å². The van der Waals surface area contributed by atoms with E-state index in [1.165, 1.54) is 46.9 Å². The van der Waals surface area contributed by atoms with Gasteiger partial charge in [-0.1, -0.05) is 11.6 Å². The van der Waals surface area contributed by atoms with Gasteiger partial charge in [0.25, 0.3) is 11.8 Å². The van der Waals surface area contributed by atoms with Crippen LogP contribution < -0.4 is 16.4 Å². The van der Waals surface area contributed by atoms with E-state index in [1.54, 1.807) is 9.80 Å². The van der Waals surface area contributed by atoms with Gasteiger partial charge in [-0.15, -0.1) is 0 Å². The topological polar surface area (TPSA) is 143 Å². The fourth-order valence-corrected chi connectivity index (χ4v) is 5.73. The summed E-state index contributed by atoms with van der Waals surface area (Å²) in [7, 11) is 1.45. The van der Waals surface area contributed by atoms with E-state index in [2.05, 4.69) is 20.7 Å². The molecule has 0 bridgehead atoms. The SMILES string of the molecule is Cn1c(-c2cn(C3CC3)nc2C(F)(F)F)cnc1C(=O)Nc1ccc(C(=O)N2CCN(C(=O)N[C@H]3C[C@H](N)C3)CC2)c(Cl)c1. The summed E-state index contributed by atoms with van der Waals surface area (Å²) in [5.74, 6) is -1.10. The van der Waals surface area contributed by atoms with Gasteiger partial charge in [-0.05, 0) is 43.9 Å². The third-order valence-electron chi connectivity index (χ3n) is 8.20. The summed E-state index contributed by atoms with van der Waals surface area (Å²) in [6.07, 6.45) is 0.917. The lowest BCUT2D eigenvalue weighted by atomic mass is 9.88. The van der Waals surface area contributed by atoms with E-state index in [-0.39, 0.29) is 63.4 Å². The van der Waals surface area contributed by atoms with Gasteiger partial charge in [0.05, 0.1) is 34.1 Å². The lowest BCUT2D eigenvalue weighted by Crippen LogP contribution is -2.57. The van der Waals surface area contributed by atoms with E-state index in [4.69, 9.17) is 17.3 Å². The van der Waals surface area contributed by atoms with Crippen molar-refractivity contribution >= 4 is 35.1 Å². The lowest BCUT2D eigenvalue weighted by Gasteiger charge is -2.38. The van der Waals surface area contributed by atoms with E-state index in [0.717, 1.165) is 25.7 Å². The molecule has 6 rings (SSSR count). The molecule has 16 heteroatoms. The number of hydrogen-bond donors (Lipinski definition) is 3. The third-order valence-corrected chi connectivity index (χ3v) is 8.51. The number of carbonyl (C=O) groups excluding carboxylic acids is 3. The molecule has 2 aliphatic carbocycles. The van der Waals surface area contributed by atoms with Crippen LogP contribution in [-0.4, -0.2) is 85.2 Å². The monoisotopic (exact) mass is 633 g/mol. The van der Waals surface area contributed by atoms with Crippen molar-refractivity contribution in [1.29, 1.82) is 0 Å². The normalized spacial score (nSPS) is 20.3. The van der Waals surface area contributed by atoms with Crippen molar-refractivity contribution in [1.82, 2.24) is 34.4 Å². The third kappa shape index (κ3) is 5.98. The Kier molecular flexibility index (Phi) is 7.78. The minimum atomic E-state index is -4.68. The fourth-order valence-electron chi connectivity index (χ4n) is 5.47. The Morgan fingerprint density at radius 3 is 2.36 bits per heavy atom. The zero-order chi connectivity index (χ0) is 31.3. The van der Waals surface area contributed by atoms with Crippen molar-refractivity contribution in [2.45, 2.75) is 50.0 Å². The first-order valence-electron chi connectivity index (χ1n) is 14.3. The second-order valence-corrected chi connectivity index (χ2v) is 11.8. The van der Waals surface area contributed by atoms with E-state index in [0.29, 0.717) is 26.2 Å². The zero-order valence-electron chi connectivity index (χ0n) is 23.8. The Bertz CT molecular complexity index is 1600. The quantitative estimate of drug-likeness (QED) is 0.379. The highest BCUT2D eigenvalue weighted by Crippen LogP contribution is 2.41. The average molecular weight is 634 g/mol. The number of rotatable bonds is 6. The molecule has 12 nitrogen and oxygen atoms in total. The highest BCUT2D eigenvalue weighted by Gasteiger charge is 2.40. The van der Waals surface area contributed by atoms with Gasteiger partial charge in [-0.3, -0.25) is 14.3 Å².